The number of hydrogen-bond donors (Lipinski definition) is 1. The fraction of sp³-hybridized carbons (Fsp3) is 0.533. The van der Waals surface area contributed by atoms with Crippen LogP contribution in [0.3, 0.4) is 0 Å². The van der Waals surface area contributed by atoms with Gasteiger partial charge in [-0.05, 0) is 17.5 Å². The summed E-state index contributed by atoms with van der Waals surface area (Å²) in [4.78, 5) is 14.1. The molecular formula is C15H21ClN2O2. The molecule has 0 spiro atoms. The molecule has 0 bridgehead atoms. The molecule has 0 aromatic heterocycles. The first kappa shape index (κ1) is 15.3. The normalized spacial score (nSPS) is 21.8. The van der Waals surface area contributed by atoms with Crippen LogP contribution in [0.15, 0.2) is 24.3 Å². The summed E-state index contributed by atoms with van der Waals surface area (Å²) in [7, 11) is 0. The monoisotopic (exact) mass is 296 g/mol. The molecule has 110 valence electrons. The SMILES string of the molecule is Cl.O=C(C[C@@H]1Cc2ccccc2CN1)N1CCOCC1. The molecule has 2 heterocycles. The summed E-state index contributed by atoms with van der Waals surface area (Å²) in [6.07, 6.45) is 1.54. The van der Waals surface area contributed by atoms with E-state index in [0.717, 1.165) is 26.1 Å². The molecule has 1 aromatic rings. The first-order valence-corrected chi connectivity index (χ1v) is 6.98. The summed E-state index contributed by atoms with van der Waals surface area (Å²) in [6.45, 7) is 3.70. The molecule has 1 atom stereocenters. The molecule has 20 heavy (non-hydrogen) atoms. The fourth-order valence-electron chi connectivity index (χ4n) is 2.82. The van der Waals surface area contributed by atoms with Crippen molar-refractivity contribution in [1.29, 1.82) is 0 Å². The third kappa shape index (κ3) is 3.51. The molecule has 1 saturated heterocycles. The van der Waals surface area contributed by atoms with Gasteiger partial charge in [0, 0.05) is 32.1 Å². The Kier molecular flexibility index (Phi) is 5.40. The molecule has 0 radical (unpaired) electrons. The lowest BCUT2D eigenvalue weighted by Gasteiger charge is -2.30. The molecule has 1 fully saturated rings. The van der Waals surface area contributed by atoms with E-state index in [1.807, 2.05) is 4.90 Å². The van der Waals surface area contributed by atoms with Crippen molar-refractivity contribution in [3.8, 4) is 0 Å². The zero-order chi connectivity index (χ0) is 13.1. The van der Waals surface area contributed by atoms with Crippen molar-refractivity contribution < 1.29 is 9.53 Å². The van der Waals surface area contributed by atoms with Crippen LogP contribution in [0.4, 0.5) is 0 Å². The van der Waals surface area contributed by atoms with Gasteiger partial charge in [-0.2, -0.15) is 0 Å². The lowest BCUT2D eigenvalue weighted by molar-refractivity contribution is -0.135. The van der Waals surface area contributed by atoms with Crippen molar-refractivity contribution in [3.05, 3.63) is 35.4 Å². The largest absolute Gasteiger partial charge is 0.378 e. The minimum absolute atomic E-state index is 0. The summed E-state index contributed by atoms with van der Waals surface area (Å²) in [5.41, 5.74) is 2.73. The molecule has 2 aliphatic heterocycles. The fourth-order valence-corrected chi connectivity index (χ4v) is 2.82. The van der Waals surface area contributed by atoms with E-state index in [1.165, 1.54) is 11.1 Å². The van der Waals surface area contributed by atoms with E-state index in [2.05, 4.69) is 29.6 Å². The van der Waals surface area contributed by atoms with Crippen LogP contribution in [0, 0.1) is 0 Å². The predicted octanol–water partition coefficient (Wildman–Crippen LogP) is 1.37. The van der Waals surface area contributed by atoms with Crippen molar-refractivity contribution in [2.24, 2.45) is 0 Å². The van der Waals surface area contributed by atoms with Gasteiger partial charge in [-0.1, -0.05) is 24.3 Å². The molecule has 1 aromatic carbocycles. The lowest BCUT2D eigenvalue weighted by Crippen LogP contribution is -2.45. The van der Waals surface area contributed by atoms with Gasteiger partial charge in [-0.3, -0.25) is 4.79 Å². The molecular weight excluding hydrogens is 276 g/mol. The van der Waals surface area contributed by atoms with Crippen LogP contribution in [0.1, 0.15) is 17.5 Å². The number of nitrogens with one attached hydrogen (secondary N) is 1. The second kappa shape index (κ2) is 7.07. The third-order valence-electron chi connectivity index (χ3n) is 3.95. The molecule has 5 heteroatoms. The van der Waals surface area contributed by atoms with Crippen molar-refractivity contribution in [2.75, 3.05) is 26.3 Å². The number of ether oxygens (including phenoxy) is 1. The minimum Gasteiger partial charge on any atom is -0.378 e. The molecule has 1 amide bonds. The van der Waals surface area contributed by atoms with E-state index >= 15 is 0 Å². The van der Waals surface area contributed by atoms with Crippen LogP contribution in [0.5, 0.6) is 0 Å². The van der Waals surface area contributed by atoms with Gasteiger partial charge in [-0.25, -0.2) is 0 Å². The maximum Gasteiger partial charge on any atom is 0.224 e. The minimum atomic E-state index is 0. The third-order valence-corrected chi connectivity index (χ3v) is 3.95. The van der Waals surface area contributed by atoms with E-state index in [-0.39, 0.29) is 24.4 Å². The van der Waals surface area contributed by atoms with Crippen molar-refractivity contribution in [1.82, 2.24) is 10.2 Å². The van der Waals surface area contributed by atoms with Gasteiger partial charge in [0.2, 0.25) is 5.91 Å². The van der Waals surface area contributed by atoms with E-state index < -0.39 is 0 Å². The number of fused-ring (bicyclic) bond motifs is 1. The molecule has 0 aliphatic carbocycles. The number of morpholine rings is 1. The summed E-state index contributed by atoms with van der Waals surface area (Å²) in [5.74, 6) is 0.250. The van der Waals surface area contributed by atoms with Crippen LogP contribution in [-0.4, -0.2) is 43.2 Å². The number of rotatable bonds is 2. The van der Waals surface area contributed by atoms with Gasteiger partial charge in [0.15, 0.2) is 0 Å². The predicted molar refractivity (Wildman–Crippen MR) is 80.0 cm³/mol. The number of carbonyl (C=O) groups is 1. The Morgan fingerprint density at radius 1 is 1.25 bits per heavy atom. The van der Waals surface area contributed by atoms with Gasteiger partial charge < -0.3 is 15.0 Å². The number of amides is 1. The standard InChI is InChI=1S/C15H20N2O2.ClH/c18-15(17-5-7-19-8-6-17)10-14-9-12-3-1-2-4-13(12)11-16-14;/h1-4,14,16H,5-11H2;1H/t14-;/m0./s1. The summed E-state index contributed by atoms with van der Waals surface area (Å²) < 4.78 is 5.28. The second-order valence-electron chi connectivity index (χ2n) is 5.25. The van der Waals surface area contributed by atoms with E-state index in [9.17, 15) is 4.79 Å². The van der Waals surface area contributed by atoms with Crippen molar-refractivity contribution in [3.63, 3.8) is 0 Å². The highest BCUT2D eigenvalue weighted by atomic mass is 35.5. The highest BCUT2D eigenvalue weighted by Crippen LogP contribution is 2.18. The first-order chi connectivity index (χ1) is 9.33. The molecule has 1 N–H and O–H groups in total. The van der Waals surface area contributed by atoms with Gasteiger partial charge in [0.1, 0.15) is 0 Å². The zero-order valence-electron chi connectivity index (χ0n) is 11.5. The summed E-state index contributed by atoms with van der Waals surface area (Å²) in [5, 5.41) is 3.47. The van der Waals surface area contributed by atoms with Gasteiger partial charge in [-0.15, -0.1) is 12.4 Å². The average molecular weight is 297 g/mol. The molecule has 3 rings (SSSR count). The van der Waals surface area contributed by atoms with E-state index in [4.69, 9.17) is 4.74 Å². The first-order valence-electron chi connectivity index (χ1n) is 6.98. The second-order valence-corrected chi connectivity index (χ2v) is 5.25. The number of hydrogen-bond acceptors (Lipinski definition) is 3. The van der Waals surface area contributed by atoms with Crippen molar-refractivity contribution in [2.45, 2.75) is 25.4 Å². The zero-order valence-corrected chi connectivity index (χ0v) is 12.3. The van der Waals surface area contributed by atoms with Crippen LogP contribution < -0.4 is 5.32 Å². The number of carbonyl (C=O) groups excluding carboxylic acids is 1. The van der Waals surface area contributed by atoms with E-state index in [1.54, 1.807) is 0 Å². The Hall–Kier alpha value is -1.10. The number of nitrogens with zero attached hydrogens (tertiary/aromatic N) is 1. The molecule has 0 unspecified atom stereocenters. The molecule has 4 nitrogen and oxygen atoms in total. The van der Waals surface area contributed by atoms with Crippen LogP contribution in [0.25, 0.3) is 0 Å². The quantitative estimate of drug-likeness (QED) is 0.896. The molecule has 2 aliphatic rings. The smallest absolute Gasteiger partial charge is 0.224 e. The Labute approximate surface area is 125 Å². The van der Waals surface area contributed by atoms with Gasteiger partial charge in [0.25, 0.3) is 0 Å². The number of halogens is 1. The Morgan fingerprint density at radius 3 is 2.70 bits per heavy atom. The molecule has 0 saturated carbocycles. The highest BCUT2D eigenvalue weighted by molar-refractivity contribution is 5.85. The van der Waals surface area contributed by atoms with Crippen LogP contribution in [-0.2, 0) is 22.5 Å². The Bertz CT molecular complexity index is 461. The topological polar surface area (TPSA) is 41.6 Å². The Balaban J connectivity index is 0.00000147. The van der Waals surface area contributed by atoms with Crippen molar-refractivity contribution >= 4 is 18.3 Å². The summed E-state index contributed by atoms with van der Waals surface area (Å²) >= 11 is 0. The Morgan fingerprint density at radius 2 is 1.95 bits per heavy atom. The van der Waals surface area contributed by atoms with Crippen LogP contribution in [0.2, 0.25) is 0 Å². The van der Waals surface area contributed by atoms with Gasteiger partial charge in [0.05, 0.1) is 13.2 Å². The highest BCUT2D eigenvalue weighted by Gasteiger charge is 2.23. The average Bonchev–Trinajstić information content (AvgIpc) is 2.48. The maximum absolute atomic E-state index is 12.2. The lowest BCUT2D eigenvalue weighted by atomic mass is 9.94. The summed E-state index contributed by atoms with van der Waals surface area (Å²) in [6, 6.07) is 8.74. The van der Waals surface area contributed by atoms with E-state index in [0.29, 0.717) is 19.6 Å². The van der Waals surface area contributed by atoms with Gasteiger partial charge >= 0.3 is 0 Å². The number of benzene rings is 1. The van der Waals surface area contributed by atoms with Crippen LogP contribution >= 0.6 is 12.4 Å². The maximum atomic E-state index is 12.2.